The lowest BCUT2D eigenvalue weighted by Crippen LogP contribution is -2.29. The van der Waals surface area contributed by atoms with Gasteiger partial charge in [-0.2, -0.15) is 9.97 Å². The van der Waals surface area contributed by atoms with E-state index in [0.29, 0.717) is 62.2 Å². The Bertz CT molecular complexity index is 4640. The van der Waals surface area contributed by atoms with Crippen molar-refractivity contribution in [1.29, 1.82) is 0 Å². The molecule has 1 atom stereocenters. The fourth-order valence-electron chi connectivity index (χ4n) is 11.0. The van der Waals surface area contributed by atoms with E-state index in [0.717, 1.165) is 84.8 Å². The Balaban J connectivity index is 0.000000125. The molecule has 1 unspecified atom stereocenters. The van der Waals surface area contributed by atoms with Crippen LogP contribution in [0.2, 0.25) is 0 Å². The summed E-state index contributed by atoms with van der Waals surface area (Å²) in [4.78, 5) is 66.6. The van der Waals surface area contributed by atoms with Gasteiger partial charge in [0.2, 0.25) is 17.1 Å². The molecule has 2 aliphatic rings. The zero-order valence-electron chi connectivity index (χ0n) is 49.0. The number of anilines is 3. The van der Waals surface area contributed by atoms with E-state index in [1.54, 1.807) is 102 Å². The smallest absolute Gasteiger partial charge is 0.278 e. The molecule has 0 amide bonds. The normalized spacial score (nSPS) is 16.6. The molecule has 8 aromatic heterocycles. The number of fused-ring (bicyclic) bond motifs is 4. The molecule has 464 valence electrons. The summed E-state index contributed by atoms with van der Waals surface area (Å²) in [5.74, 6) is 3.82. The Morgan fingerprint density at radius 2 is 0.835 bits per heavy atom. The molecule has 2 aliphatic carbocycles. The van der Waals surface area contributed by atoms with E-state index in [-0.39, 0.29) is 50.3 Å². The zero-order chi connectivity index (χ0) is 63.7. The third-order valence-electron chi connectivity index (χ3n) is 15.5. The van der Waals surface area contributed by atoms with Gasteiger partial charge in [-0.25, -0.2) is 29.9 Å². The number of nitrogens with two attached hydrogens (primary N) is 1. The predicted octanol–water partition coefficient (Wildman–Crippen LogP) is 10.9. The third kappa shape index (κ3) is 14.1. The standard InChI is InChI=1S/C18H19N5O3.C18H21N5O.C13H10N4O3S.C13H10N4O2S/c24-13-6-4-12(5-7-13)20-18-19-10-8-17(21-18)22-11-9-14-15(22)2-1-3-16(14)23(25)26;19-15-2-1-3-16-14(15)9-11-23(16)17-8-10-20-18(22-17)21-12-4-6-13(24)7-5-12;1-21(20)13-14-7-5-12(15-13)16-8-6-9-10(16)3-2-4-11(9)17(18)19;1-20-13-14-7-5-12(15-13)16-8-6-9-10(16)3-2-4-11(9)17(18)19/h1-3,8-13,24H,4-7H2,(H,19,20,21);1-3,8-13,24H,4-7,19H2,(H,20,21,22);2-8H,1H3;2-8H,1H3. The first-order chi connectivity index (χ1) is 44.1. The van der Waals surface area contributed by atoms with E-state index in [2.05, 4.69) is 50.5 Å². The van der Waals surface area contributed by atoms with Gasteiger partial charge in [-0.15, -0.1) is 0 Å². The molecule has 91 heavy (non-hydrogen) atoms. The largest absolute Gasteiger partial charge is 0.398 e. The van der Waals surface area contributed by atoms with Crippen LogP contribution in [0.4, 0.5) is 34.6 Å². The highest BCUT2D eigenvalue weighted by Gasteiger charge is 2.23. The number of nitro benzene ring substituents is 3. The van der Waals surface area contributed by atoms with Crippen LogP contribution >= 0.6 is 11.8 Å². The lowest BCUT2D eigenvalue weighted by atomic mass is 9.93. The number of nitrogens with one attached hydrogen (secondary N) is 2. The van der Waals surface area contributed by atoms with E-state index in [1.165, 1.54) is 42.4 Å². The molecule has 29 heteroatoms. The van der Waals surface area contributed by atoms with Gasteiger partial charge in [-0.3, -0.25) is 34.6 Å². The van der Waals surface area contributed by atoms with Gasteiger partial charge < -0.3 is 44.8 Å². The summed E-state index contributed by atoms with van der Waals surface area (Å²) in [5.41, 5.74) is 10.2. The van der Waals surface area contributed by atoms with Gasteiger partial charge in [0, 0.05) is 97.2 Å². The minimum atomic E-state index is -1.29. The zero-order valence-corrected chi connectivity index (χ0v) is 50.6. The van der Waals surface area contributed by atoms with Crippen LogP contribution in [-0.4, -0.2) is 124 Å². The summed E-state index contributed by atoms with van der Waals surface area (Å²) in [6.07, 6.45) is 23.8. The molecule has 0 bridgehead atoms. The van der Waals surface area contributed by atoms with Crippen molar-refractivity contribution in [2.45, 2.75) is 86.0 Å². The molecule has 27 nitrogen and oxygen atoms in total. The van der Waals surface area contributed by atoms with E-state index < -0.39 is 15.7 Å². The van der Waals surface area contributed by atoms with Crippen molar-refractivity contribution in [1.82, 2.24) is 58.1 Å². The number of non-ortho nitro benzene ring substituents is 3. The summed E-state index contributed by atoms with van der Waals surface area (Å²) < 4.78 is 18.8. The van der Waals surface area contributed by atoms with Crippen molar-refractivity contribution in [2.24, 2.45) is 0 Å². The molecule has 6 N–H and O–H groups in total. The molecule has 8 heterocycles. The van der Waals surface area contributed by atoms with Gasteiger partial charge in [0.05, 0.1) is 76.0 Å². The Labute approximate surface area is 525 Å². The predicted molar refractivity (Wildman–Crippen MR) is 348 cm³/mol. The maximum absolute atomic E-state index is 11.5. The van der Waals surface area contributed by atoms with Gasteiger partial charge in [-0.05, 0) is 136 Å². The van der Waals surface area contributed by atoms with Gasteiger partial charge >= 0.3 is 0 Å². The highest BCUT2D eigenvalue weighted by atomic mass is 32.2. The number of aliphatic hydroxyl groups is 2. The lowest BCUT2D eigenvalue weighted by molar-refractivity contribution is -0.383. The summed E-state index contributed by atoms with van der Waals surface area (Å²) >= 11 is 1.45. The maximum atomic E-state index is 11.5. The molecule has 0 spiro atoms. The van der Waals surface area contributed by atoms with Gasteiger partial charge in [-0.1, -0.05) is 36.0 Å². The van der Waals surface area contributed by atoms with Crippen LogP contribution < -0.4 is 16.4 Å². The molecule has 2 fully saturated rings. The second-order valence-corrected chi connectivity index (χ2v) is 23.3. The molecular formula is C62H60N18O9S2. The van der Waals surface area contributed by atoms with E-state index in [1.807, 2.05) is 68.6 Å². The Morgan fingerprint density at radius 3 is 1.23 bits per heavy atom. The molecule has 0 saturated heterocycles. The number of hydrogen-bond acceptors (Lipinski definition) is 21. The Kier molecular flexibility index (Phi) is 19.0. The summed E-state index contributed by atoms with van der Waals surface area (Å²) in [6.45, 7) is 0. The maximum Gasteiger partial charge on any atom is 0.278 e. The third-order valence-corrected chi connectivity index (χ3v) is 16.8. The van der Waals surface area contributed by atoms with Crippen LogP contribution in [0.3, 0.4) is 0 Å². The van der Waals surface area contributed by atoms with Crippen LogP contribution in [-0.2, 0) is 10.8 Å². The molecule has 4 aromatic carbocycles. The second-order valence-electron chi connectivity index (χ2n) is 21.3. The topological polar surface area (TPSA) is 360 Å². The monoisotopic (exact) mass is 1260 g/mol. The Hall–Kier alpha value is -10.6. The summed E-state index contributed by atoms with van der Waals surface area (Å²) in [7, 11) is -1.29. The number of benzene rings is 4. The van der Waals surface area contributed by atoms with E-state index >= 15 is 0 Å². The molecule has 2 saturated carbocycles. The number of nitrogens with zero attached hydrogens (tertiary/aromatic N) is 15. The van der Waals surface area contributed by atoms with Crippen LogP contribution in [0.25, 0.3) is 66.9 Å². The van der Waals surface area contributed by atoms with Crippen molar-refractivity contribution in [2.75, 3.05) is 28.9 Å². The number of thioether (sulfide) groups is 1. The summed E-state index contributed by atoms with van der Waals surface area (Å²) in [5, 5.41) is 62.8. The van der Waals surface area contributed by atoms with E-state index in [9.17, 15) is 44.8 Å². The van der Waals surface area contributed by atoms with Crippen molar-refractivity contribution >= 4 is 101 Å². The highest BCUT2D eigenvalue weighted by molar-refractivity contribution is 7.98. The summed E-state index contributed by atoms with van der Waals surface area (Å²) in [6, 6.07) is 35.5. The van der Waals surface area contributed by atoms with Crippen LogP contribution in [0, 0.1) is 30.3 Å². The second kappa shape index (κ2) is 27.8. The lowest BCUT2D eigenvalue weighted by Gasteiger charge is -2.26. The molecule has 12 aromatic rings. The molecule has 0 radical (unpaired) electrons. The van der Waals surface area contributed by atoms with Crippen molar-refractivity contribution in [3.05, 3.63) is 201 Å². The van der Waals surface area contributed by atoms with Gasteiger partial charge in [0.25, 0.3) is 17.1 Å². The first kappa shape index (κ1) is 62.0. The van der Waals surface area contributed by atoms with Crippen molar-refractivity contribution in [3.8, 4) is 23.3 Å². The number of nitro groups is 3. The first-order valence-corrected chi connectivity index (χ1v) is 31.6. The number of aliphatic hydroxyl groups excluding tert-OH is 2. The first-order valence-electron chi connectivity index (χ1n) is 28.8. The molecule has 14 rings (SSSR count). The number of nitrogen functional groups attached to an aromatic ring is 1. The van der Waals surface area contributed by atoms with Crippen molar-refractivity contribution in [3.63, 3.8) is 0 Å². The van der Waals surface area contributed by atoms with Gasteiger partial charge in [0.1, 0.15) is 23.3 Å². The highest BCUT2D eigenvalue weighted by Crippen LogP contribution is 2.32. The molecular weight excluding hydrogens is 1200 g/mol. The number of aromatic nitrogens is 12. The SMILES string of the molecule is CS(=O)c1nccc(-n2ccc3c([N+](=O)[O-])cccc32)n1.CSc1nccc(-n2ccc3c([N+](=O)[O-])cccc32)n1.Nc1cccc2c1ccn2-c1ccnc(NC2CCC(O)CC2)n1.O=[N+]([O-])c1cccc2c1ccn2-c1ccnc(NC2CCC(O)CC2)n1. The fourth-order valence-corrected chi connectivity index (χ4v) is 11.8. The number of hydrogen-bond donors (Lipinski definition) is 5. The number of rotatable bonds is 13. The van der Waals surface area contributed by atoms with Crippen LogP contribution in [0.15, 0.2) is 181 Å². The van der Waals surface area contributed by atoms with E-state index in [4.69, 9.17) is 5.73 Å². The average Bonchev–Trinajstić information content (AvgIpc) is 1.94. The van der Waals surface area contributed by atoms with Crippen molar-refractivity contribution < 1.29 is 29.2 Å². The minimum Gasteiger partial charge on any atom is -0.398 e. The Morgan fingerprint density at radius 1 is 0.484 bits per heavy atom. The van der Waals surface area contributed by atoms with Crippen LogP contribution in [0.1, 0.15) is 51.4 Å². The minimum absolute atomic E-state index is 0.0413. The fraction of sp³-hybridized carbons (Fsp3) is 0.226. The quantitative estimate of drug-likeness (QED) is 0.0235. The van der Waals surface area contributed by atoms with Gasteiger partial charge in [0.15, 0.2) is 5.16 Å². The average molecular weight is 1270 g/mol. The molecule has 0 aliphatic heterocycles. The van der Waals surface area contributed by atoms with Crippen LogP contribution in [0.5, 0.6) is 0 Å².